The third-order valence-electron chi connectivity index (χ3n) is 5.68. The highest BCUT2D eigenvalue weighted by Crippen LogP contribution is 2.40. The van der Waals surface area contributed by atoms with Gasteiger partial charge in [0.15, 0.2) is 11.5 Å². The molecule has 0 atom stereocenters. The maximum atomic E-state index is 11.6. The number of carbonyl (C=O) groups excluding carboxylic acids is 2. The highest BCUT2D eigenvalue weighted by Gasteiger charge is 2.22. The highest BCUT2D eigenvalue weighted by molar-refractivity contribution is 5.85. The molecule has 1 fully saturated rings. The summed E-state index contributed by atoms with van der Waals surface area (Å²) in [6, 6.07) is 3.90. The van der Waals surface area contributed by atoms with Crippen LogP contribution in [-0.4, -0.2) is 88.5 Å². The van der Waals surface area contributed by atoms with E-state index in [-0.39, 0.29) is 36.8 Å². The van der Waals surface area contributed by atoms with Crippen molar-refractivity contribution in [1.82, 2.24) is 9.80 Å². The molecule has 36 heavy (non-hydrogen) atoms. The van der Waals surface area contributed by atoms with Crippen molar-refractivity contribution in [2.45, 2.75) is 46.1 Å². The molecule has 0 aromatic heterocycles. The molecule has 0 unspecified atom stereocenters. The van der Waals surface area contributed by atoms with E-state index >= 15 is 0 Å². The first-order valence-electron chi connectivity index (χ1n) is 12.1. The van der Waals surface area contributed by atoms with Crippen molar-refractivity contribution in [2.24, 2.45) is 0 Å². The first-order valence-corrected chi connectivity index (χ1v) is 12.1. The van der Waals surface area contributed by atoms with E-state index in [4.69, 9.17) is 23.7 Å². The fourth-order valence-corrected chi connectivity index (χ4v) is 3.94. The second kappa shape index (κ2) is 19.2. The number of piperazine rings is 1. The van der Waals surface area contributed by atoms with Crippen molar-refractivity contribution in [1.29, 1.82) is 0 Å². The summed E-state index contributed by atoms with van der Waals surface area (Å²) in [5.41, 5.74) is 1.02. The summed E-state index contributed by atoms with van der Waals surface area (Å²) in [5.74, 6) is 1.49. The van der Waals surface area contributed by atoms with Crippen molar-refractivity contribution in [3.8, 4) is 17.2 Å². The van der Waals surface area contributed by atoms with Gasteiger partial charge in [-0.2, -0.15) is 0 Å². The van der Waals surface area contributed by atoms with Gasteiger partial charge in [-0.1, -0.05) is 6.07 Å². The largest absolute Gasteiger partial charge is 0.493 e. The molecule has 11 heteroatoms. The van der Waals surface area contributed by atoms with Gasteiger partial charge in [0.05, 0.1) is 34.0 Å². The van der Waals surface area contributed by atoms with Crippen LogP contribution in [0.15, 0.2) is 12.1 Å². The van der Waals surface area contributed by atoms with Crippen molar-refractivity contribution >= 4 is 36.8 Å². The standard InChI is InChI=1S/C25H40N2O7.2ClH/c1-5-32-22(28)9-7-13-26-14-16-27(17-15-26)19-20-11-12-21(30-3)25(31-4)24(20)34-18-8-10-23(29)33-6-2;;/h11-12H,5-10,13-19H2,1-4H3;2*1H. The van der Waals surface area contributed by atoms with Gasteiger partial charge in [-0.3, -0.25) is 14.5 Å². The Kier molecular flexibility index (Phi) is 18.2. The maximum absolute atomic E-state index is 11.6. The summed E-state index contributed by atoms with van der Waals surface area (Å²) in [5, 5.41) is 0. The Morgan fingerprint density at radius 3 is 1.94 bits per heavy atom. The molecular formula is C25H42Cl2N2O7. The fraction of sp³-hybridized carbons (Fsp3) is 0.680. The van der Waals surface area contributed by atoms with Crippen LogP contribution < -0.4 is 14.2 Å². The summed E-state index contributed by atoms with van der Waals surface area (Å²) in [7, 11) is 3.20. The molecule has 0 amide bonds. The van der Waals surface area contributed by atoms with Crippen molar-refractivity contribution in [2.75, 3.05) is 66.8 Å². The van der Waals surface area contributed by atoms with E-state index in [0.717, 1.165) is 51.3 Å². The quantitative estimate of drug-likeness (QED) is 0.238. The summed E-state index contributed by atoms with van der Waals surface area (Å²) >= 11 is 0. The van der Waals surface area contributed by atoms with Crippen LogP contribution in [-0.2, 0) is 25.6 Å². The molecule has 1 saturated heterocycles. The van der Waals surface area contributed by atoms with E-state index in [0.29, 0.717) is 56.3 Å². The molecule has 1 aliphatic rings. The van der Waals surface area contributed by atoms with Crippen LogP contribution in [0.2, 0.25) is 0 Å². The number of halogens is 2. The van der Waals surface area contributed by atoms with E-state index < -0.39 is 0 Å². The van der Waals surface area contributed by atoms with E-state index in [2.05, 4.69) is 9.80 Å². The lowest BCUT2D eigenvalue weighted by Gasteiger charge is -2.35. The number of rotatable bonds is 15. The first kappa shape index (κ1) is 34.1. The molecule has 208 valence electrons. The summed E-state index contributed by atoms with van der Waals surface area (Å²) in [4.78, 5) is 27.9. The Hall–Kier alpha value is -1.94. The zero-order valence-electron chi connectivity index (χ0n) is 21.9. The monoisotopic (exact) mass is 552 g/mol. The lowest BCUT2D eigenvalue weighted by atomic mass is 10.1. The molecule has 2 rings (SSSR count). The van der Waals surface area contributed by atoms with Crippen LogP contribution in [0.25, 0.3) is 0 Å². The topological polar surface area (TPSA) is 86.8 Å². The van der Waals surface area contributed by atoms with Crippen LogP contribution in [0.1, 0.15) is 45.1 Å². The highest BCUT2D eigenvalue weighted by atomic mass is 35.5. The minimum Gasteiger partial charge on any atom is -0.493 e. The van der Waals surface area contributed by atoms with E-state index in [1.165, 1.54) is 0 Å². The molecule has 0 saturated carbocycles. The third-order valence-corrected chi connectivity index (χ3v) is 5.68. The van der Waals surface area contributed by atoms with Crippen molar-refractivity contribution in [3.05, 3.63) is 17.7 Å². The average molecular weight is 554 g/mol. The number of nitrogens with zero attached hydrogens (tertiary/aromatic N) is 2. The molecule has 1 heterocycles. The van der Waals surface area contributed by atoms with Crippen LogP contribution >= 0.6 is 24.8 Å². The molecule has 0 spiro atoms. The predicted molar refractivity (Wildman–Crippen MR) is 143 cm³/mol. The molecule has 0 bridgehead atoms. The van der Waals surface area contributed by atoms with Gasteiger partial charge in [-0.05, 0) is 39.3 Å². The number of methoxy groups -OCH3 is 2. The lowest BCUT2D eigenvalue weighted by molar-refractivity contribution is -0.144. The van der Waals surface area contributed by atoms with Gasteiger partial charge in [0.25, 0.3) is 0 Å². The molecule has 0 N–H and O–H groups in total. The van der Waals surface area contributed by atoms with Gasteiger partial charge in [0, 0.05) is 51.1 Å². The molecule has 0 radical (unpaired) electrons. The molecule has 9 nitrogen and oxygen atoms in total. The summed E-state index contributed by atoms with van der Waals surface area (Å²) in [6.07, 6.45) is 2.16. The summed E-state index contributed by atoms with van der Waals surface area (Å²) in [6.45, 7) is 10.2. The number of hydrogen-bond donors (Lipinski definition) is 0. The van der Waals surface area contributed by atoms with Crippen molar-refractivity contribution in [3.63, 3.8) is 0 Å². The van der Waals surface area contributed by atoms with E-state index in [1.54, 1.807) is 21.1 Å². The number of benzene rings is 1. The van der Waals surface area contributed by atoms with Crippen LogP contribution in [0.3, 0.4) is 0 Å². The van der Waals surface area contributed by atoms with E-state index in [9.17, 15) is 9.59 Å². The van der Waals surface area contributed by atoms with Gasteiger partial charge in [0.1, 0.15) is 0 Å². The fourth-order valence-electron chi connectivity index (χ4n) is 3.94. The SMILES string of the molecule is CCOC(=O)CCCOc1c(CN2CCN(CCCC(=O)OCC)CC2)ccc(OC)c1OC.Cl.Cl. The number of carbonyl (C=O) groups is 2. The Balaban J connectivity index is 0.00000612. The normalized spacial score (nSPS) is 13.7. The third kappa shape index (κ3) is 11.4. The number of ether oxygens (including phenoxy) is 5. The maximum Gasteiger partial charge on any atom is 0.305 e. The zero-order chi connectivity index (χ0) is 24.8. The van der Waals surface area contributed by atoms with Gasteiger partial charge in [-0.15, -0.1) is 24.8 Å². The Morgan fingerprint density at radius 1 is 0.806 bits per heavy atom. The van der Waals surface area contributed by atoms with Crippen LogP contribution in [0.5, 0.6) is 17.2 Å². The molecular weight excluding hydrogens is 511 g/mol. The van der Waals surface area contributed by atoms with Crippen LogP contribution in [0, 0.1) is 0 Å². The van der Waals surface area contributed by atoms with Crippen LogP contribution in [0.4, 0.5) is 0 Å². The Labute approximate surface area is 227 Å². The number of hydrogen-bond acceptors (Lipinski definition) is 9. The first-order chi connectivity index (χ1) is 16.5. The lowest BCUT2D eigenvalue weighted by Crippen LogP contribution is -2.46. The van der Waals surface area contributed by atoms with E-state index in [1.807, 2.05) is 19.1 Å². The number of esters is 2. The van der Waals surface area contributed by atoms with Gasteiger partial charge in [-0.25, -0.2) is 0 Å². The Bertz CT molecular complexity index is 775. The van der Waals surface area contributed by atoms with Gasteiger partial charge >= 0.3 is 11.9 Å². The second-order valence-corrected chi connectivity index (χ2v) is 8.07. The van der Waals surface area contributed by atoms with Gasteiger partial charge < -0.3 is 28.6 Å². The zero-order valence-corrected chi connectivity index (χ0v) is 23.5. The van der Waals surface area contributed by atoms with Crippen molar-refractivity contribution < 1.29 is 33.3 Å². The summed E-state index contributed by atoms with van der Waals surface area (Å²) < 4.78 is 27.1. The van der Waals surface area contributed by atoms with Gasteiger partial charge in [0.2, 0.25) is 5.75 Å². The molecule has 0 aliphatic carbocycles. The predicted octanol–water partition coefficient (Wildman–Crippen LogP) is 3.73. The minimum absolute atomic E-state index is 0. The molecule has 1 aromatic carbocycles. The smallest absolute Gasteiger partial charge is 0.305 e. The second-order valence-electron chi connectivity index (χ2n) is 8.07. The minimum atomic E-state index is -0.218. The Morgan fingerprint density at radius 2 is 1.39 bits per heavy atom. The molecule has 1 aliphatic heterocycles. The molecule has 1 aromatic rings. The average Bonchev–Trinajstić information content (AvgIpc) is 2.83.